The Balaban J connectivity index is 2.39. The van der Waals surface area contributed by atoms with Crippen molar-refractivity contribution < 1.29 is 9.53 Å². The number of hydrogen-bond acceptors (Lipinski definition) is 3. The van der Waals surface area contributed by atoms with Gasteiger partial charge in [-0.05, 0) is 6.42 Å². The van der Waals surface area contributed by atoms with Crippen LogP contribution >= 0.6 is 0 Å². The van der Waals surface area contributed by atoms with E-state index in [0.29, 0.717) is 5.90 Å². The average Bonchev–Trinajstić information content (AvgIpc) is 2.26. The SMILES string of the molecule is CCCCC1N=C(C)OC1=O. The summed E-state index contributed by atoms with van der Waals surface area (Å²) in [5.74, 6) is 0.326. The molecular weight excluding hydrogens is 142 g/mol. The predicted octanol–water partition coefficient (Wildman–Crippen LogP) is 1.52. The number of carbonyl (C=O) groups is 1. The zero-order valence-corrected chi connectivity index (χ0v) is 6.96. The number of rotatable bonds is 3. The fraction of sp³-hybridized carbons (Fsp3) is 0.750. The van der Waals surface area contributed by atoms with Crippen molar-refractivity contribution in [2.45, 2.75) is 39.2 Å². The van der Waals surface area contributed by atoms with E-state index in [9.17, 15) is 4.79 Å². The maximum absolute atomic E-state index is 11.0. The van der Waals surface area contributed by atoms with E-state index >= 15 is 0 Å². The molecule has 1 aliphatic rings. The molecule has 0 fully saturated rings. The van der Waals surface area contributed by atoms with E-state index in [4.69, 9.17) is 4.74 Å². The van der Waals surface area contributed by atoms with E-state index in [-0.39, 0.29) is 12.0 Å². The Hall–Kier alpha value is -0.860. The van der Waals surface area contributed by atoms with Gasteiger partial charge in [0.05, 0.1) is 0 Å². The van der Waals surface area contributed by atoms with Crippen molar-refractivity contribution >= 4 is 11.9 Å². The normalized spacial score (nSPS) is 23.3. The lowest BCUT2D eigenvalue weighted by molar-refractivity contribution is -0.135. The molecule has 0 saturated heterocycles. The van der Waals surface area contributed by atoms with Crippen molar-refractivity contribution in [3.63, 3.8) is 0 Å². The highest BCUT2D eigenvalue weighted by atomic mass is 16.6. The molecule has 1 heterocycles. The molecule has 0 saturated carbocycles. The minimum atomic E-state index is -0.213. The van der Waals surface area contributed by atoms with Crippen LogP contribution in [0.2, 0.25) is 0 Å². The molecule has 3 heteroatoms. The molecule has 0 radical (unpaired) electrons. The zero-order chi connectivity index (χ0) is 8.27. The lowest BCUT2D eigenvalue weighted by atomic mass is 10.1. The minimum Gasteiger partial charge on any atom is -0.411 e. The molecule has 1 atom stereocenters. The van der Waals surface area contributed by atoms with Crippen LogP contribution < -0.4 is 0 Å². The predicted molar refractivity (Wildman–Crippen MR) is 42.5 cm³/mol. The Kier molecular flexibility index (Phi) is 2.63. The van der Waals surface area contributed by atoms with Crippen LogP contribution in [0.25, 0.3) is 0 Å². The smallest absolute Gasteiger partial charge is 0.337 e. The van der Waals surface area contributed by atoms with Crippen molar-refractivity contribution in [3.05, 3.63) is 0 Å². The van der Waals surface area contributed by atoms with Crippen LogP contribution in [0.15, 0.2) is 4.99 Å². The highest BCUT2D eigenvalue weighted by Gasteiger charge is 2.25. The molecule has 1 aliphatic heterocycles. The van der Waals surface area contributed by atoms with Crippen molar-refractivity contribution in [2.75, 3.05) is 0 Å². The summed E-state index contributed by atoms with van der Waals surface area (Å²) in [5, 5.41) is 0. The molecule has 0 aromatic carbocycles. The number of cyclic esters (lactones) is 1. The van der Waals surface area contributed by atoms with Gasteiger partial charge >= 0.3 is 5.97 Å². The lowest BCUT2D eigenvalue weighted by Gasteiger charge is -1.99. The molecular formula is C8H13NO2. The van der Waals surface area contributed by atoms with Crippen LogP contribution in [-0.4, -0.2) is 17.9 Å². The molecule has 0 aromatic rings. The van der Waals surface area contributed by atoms with Gasteiger partial charge < -0.3 is 4.74 Å². The average molecular weight is 155 g/mol. The first-order valence-electron chi connectivity index (χ1n) is 4.00. The summed E-state index contributed by atoms with van der Waals surface area (Å²) in [5.41, 5.74) is 0. The molecule has 0 spiro atoms. The van der Waals surface area contributed by atoms with E-state index in [1.54, 1.807) is 6.92 Å². The van der Waals surface area contributed by atoms with E-state index in [0.717, 1.165) is 19.3 Å². The zero-order valence-electron chi connectivity index (χ0n) is 6.96. The molecule has 1 rings (SSSR count). The van der Waals surface area contributed by atoms with Crippen molar-refractivity contribution in [1.29, 1.82) is 0 Å². The number of unbranched alkanes of at least 4 members (excludes halogenated alkanes) is 1. The van der Waals surface area contributed by atoms with Gasteiger partial charge in [-0.1, -0.05) is 19.8 Å². The second-order valence-electron chi connectivity index (χ2n) is 2.73. The number of aliphatic imine (C=N–C) groups is 1. The molecule has 0 N–H and O–H groups in total. The Labute approximate surface area is 66.5 Å². The molecule has 1 unspecified atom stereocenters. The van der Waals surface area contributed by atoms with Crippen LogP contribution in [-0.2, 0) is 9.53 Å². The van der Waals surface area contributed by atoms with Crippen molar-refractivity contribution in [3.8, 4) is 0 Å². The van der Waals surface area contributed by atoms with Gasteiger partial charge in [-0.3, -0.25) is 0 Å². The Bertz CT molecular complexity index is 187. The molecule has 11 heavy (non-hydrogen) atoms. The van der Waals surface area contributed by atoms with Gasteiger partial charge in [0, 0.05) is 6.92 Å². The van der Waals surface area contributed by atoms with E-state index in [2.05, 4.69) is 11.9 Å². The number of hydrogen-bond donors (Lipinski definition) is 0. The van der Waals surface area contributed by atoms with E-state index in [1.165, 1.54) is 0 Å². The lowest BCUT2D eigenvalue weighted by Crippen LogP contribution is -2.14. The fourth-order valence-corrected chi connectivity index (χ4v) is 1.09. The quantitative estimate of drug-likeness (QED) is 0.579. The summed E-state index contributed by atoms with van der Waals surface area (Å²) in [6.07, 6.45) is 2.96. The summed E-state index contributed by atoms with van der Waals surface area (Å²) < 4.78 is 4.78. The molecule has 0 aromatic heterocycles. The summed E-state index contributed by atoms with van der Waals surface area (Å²) in [4.78, 5) is 15.0. The second kappa shape index (κ2) is 3.51. The topological polar surface area (TPSA) is 38.7 Å². The summed E-state index contributed by atoms with van der Waals surface area (Å²) in [6.45, 7) is 3.81. The number of carbonyl (C=O) groups excluding carboxylic acids is 1. The number of esters is 1. The van der Waals surface area contributed by atoms with Crippen LogP contribution in [0.4, 0.5) is 0 Å². The maximum atomic E-state index is 11.0. The molecule has 0 aliphatic carbocycles. The Morgan fingerprint density at radius 2 is 2.36 bits per heavy atom. The van der Waals surface area contributed by atoms with E-state index in [1.807, 2.05) is 0 Å². The standard InChI is InChI=1S/C8H13NO2/c1-3-4-5-7-8(10)11-6(2)9-7/h7H,3-5H2,1-2H3. The molecule has 3 nitrogen and oxygen atoms in total. The van der Waals surface area contributed by atoms with Gasteiger partial charge in [0.25, 0.3) is 0 Å². The molecule has 0 bridgehead atoms. The third-order valence-electron chi connectivity index (χ3n) is 1.69. The van der Waals surface area contributed by atoms with Gasteiger partial charge in [-0.15, -0.1) is 0 Å². The first-order valence-corrected chi connectivity index (χ1v) is 4.00. The molecule has 0 amide bonds. The largest absolute Gasteiger partial charge is 0.411 e. The third kappa shape index (κ3) is 2.03. The second-order valence-corrected chi connectivity index (χ2v) is 2.73. The third-order valence-corrected chi connectivity index (χ3v) is 1.69. The fourth-order valence-electron chi connectivity index (χ4n) is 1.09. The summed E-state index contributed by atoms with van der Waals surface area (Å²) in [6, 6.07) is -0.213. The van der Waals surface area contributed by atoms with Crippen molar-refractivity contribution in [1.82, 2.24) is 0 Å². The Morgan fingerprint density at radius 1 is 1.64 bits per heavy atom. The summed E-state index contributed by atoms with van der Waals surface area (Å²) in [7, 11) is 0. The number of nitrogens with zero attached hydrogens (tertiary/aromatic N) is 1. The monoisotopic (exact) mass is 155 g/mol. The summed E-state index contributed by atoms with van der Waals surface area (Å²) >= 11 is 0. The molecule has 62 valence electrons. The van der Waals surface area contributed by atoms with E-state index < -0.39 is 0 Å². The van der Waals surface area contributed by atoms with Gasteiger partial charge in [0.15, 0.2) is 11.9 Å². The first-order chi connectivity index (χ1) is 5.24. The van der Waals surface area contributed by atoms with Gasteiger partial charge in [0.2, 0.25) is 0 Å². The van der Waals surface area contributed by atoms with Gasteiger partial charge in [-0.2, -0.15) is 0 Å². The van der Waals surface area contributed by atoms with Gasteiger partial charge in [0.1, 0.15) is 0 Å². The van der Waals surface area contributed by atoms with Crippen LogP contribution in [0, 0.1) is 0 Å². The van der Waals surface area contributed by atoms with Crippen LogP contribution in [0.1, 0.15) is 33.1 Å². The first kappa shape index (κ1) is 8.24. The van der Waals surface area contributed by atoms with Crippen LogP contribution in [0.5, 0.6) is 0 Å². The highest BCUT2D eigenvalue weighted by molar-refractivity contribution is 5.95. The minimum absolute atomic E-state index is 0.184. The van der Waals surface area contributed by atoms with Crippen LogP contribution in [0.3, 0.4) is 0 Å². The highest BCUT2D eigenvalue weighted by Crippen LogP contribution is 2.12. The Morgan fingerprint density at radius 3 is 2.82 bits per heavy atom. The van der Waals surface area contributed by atoms with Crippen molar-refractivity contribution in [2.24, 2.45) is 4.99 Å². The maximum Gasteiger partial charge on any atom is 0.337 e. The van der Waals surface area contributed by atoms with Gasteiger partial charge in [-0.25, -0.2) is 9.79 Å². The number of ether oxygens (including phenoxy) is 1.